The highest BCUT2D eigenvalue weighted by Crippen LogP contribution is 2.22. The van der Waals surface area contributed by atoms with Gasteiger partial charge in [0, 0.05) is 6.07 Å². The largest absolute Gasteiger partial charge is 0.497 e. The number of halogens is 2. The van der Waals surface area contributed by atoms with Crippen LogP contribution >= 0.6 is 11.3 Å². The van der Waals surface area contributed by atoms with E-state index in [1.165, 1.54) is 11.7 Å². The first-order valence-corrected chi connectivity index (χ1v) is 9.71. The minimum absolute atomic E-state index is 0.0305. The normalized spacial score (nSPS) is 11.5. The summed E-state index contributed by atoms with van der Waals surface area (Å²) in [6, 6.07) is 8.42. The van der Waals surface area contributed by atoms with E-state index in [9.17, 15) is 18.4 Å². The third-order valence-corrected chi connectivity index (χ3v) is 4.96. The number of carbonyl (C=O) groups excluding carboxylic acids is 2. The fraction of sp³-hybridized carbons (Fsp3) is 0.250. The van der Waals surface area contributed by atoms with Crippen molar-refractivity contribution in [3.8, 4) is 11.5 Å². The van der Waals surface area contributed by atoms with Gasteiger partial charge in [-0.1, -0.05) is 11.3 Å². The van der Waals surface area contributed by atoms with Crippen molar-refractivity contribution in [1.82, 2.24) is 4.57 Å². The second-order valence-electron chi connectivity index (χ2n) is 5.98. The lowest BCUT2D eigenvalue weighted by atomic mass is 10.3. The Bertz CT molecular complexity index is 1140. The molecule has 3 rings (SSSR count). The molecule has 0 aliphatic carbocycles. The first-order valence-electron chi connectivity index (χ1n) is 8.89. The van der Waals surface area contributed by atoms with Crippen LogP contribution in [-0.4, -0.2) is 36.8 Å². The number of ether oxygens (including phenoxy) is 3. The summed E-state index contributed by atoms with van der Waals surface area (Å²) in [5.74, 6) is -1.86. The van der Waals surface area contributed by atoms with Gasteiger partial charge in [0.25, 0.3) is 5.91 Å². The van der Waals surface area contributed by atoms with E-state index < -0.39 is 23.5 Å². The second-order valence-corrected chi connectivity index (χ2v) is 6.99. The first-order chi connectivity index (χ1) is 14.4. The Morgan fingerprint density at radius 1 is 1.13 bits per heavy atom. The minimum atomic E-state index is -0.867. The van der Waals surface area contributed by atoms with E-state index in [-0.39, 0.29) is 34.8 Å². The number of amides is 1. The fourth-order valence-corrected chi connectivity index (χ4v) is 3.74. The molecule has 0 aliphatic heterocycles. The quantitative estimate of drug-likeness (QED) is 0.532. The highest BCUT2D eigenvalue weighted by molar-refractivity contribution is 7.16. The van der Waals surface area contributed by atoms with Gasteiger partial charge in [-0.2, -0.15) is 4.99 Å². The molecule has 0 N–H and O–H groups in total. The van der Waals surface area contributed by atoms with E-state index in [4.69, 9.17) is 14.2 Å². The van der Waals surface area contributed by atoms with Crippen LogP contribution in [0.1, 0.15) is 6.92 Å². The van der Waals surface area contributed by atoms with Crippen molar-refractivity contribution in [1.29, 1.82) is 0 Å². The van der Waals surface area contributed by atoms with Crippen molar-refractivity contribution in [2.45, 2.75) is 13.5 Å². The number of rotatable bonds is 7. The molecule has 0 atom stereocenters. The van der Waals surface area contributed by atoms with E-state index in [1.54, 1.807) is 31.2 Å². The Morgan fingerprint density at radius 2 is 1.83 bits per heavy atom. The van der Waals surface area contributed by atoms with Gasteiger partial charge in [0.1, 0.15) is 23.9 Å². The van der Waals surface area contributed by atoms with E-state index in [0.717, 1.165) is 17.4 Å². The van der Waals surface area contributed by atoms with Crippen LogP contribution < -0.4 is 14.3 Å². The first kappa shape index (κ1) is 21.4. The summed E-state index contributed by atoms with van der Waals surface area (Å²) in [6.45, 7) is 1.02. The number of carbonyl (C=O) groups is 2. The van der Waals surface area contributed by atoms with Gasteiger partial charge in [-0.15, -0.1) is 0 Å². The number of nitrogens with zero attached hydrogens (tertiary/aromatic N) is 2. The van der Waals surface area contributed by atoms with E-state index >= 15 is 0 Å². The molecule has 0 radical (unpaired) electrons. The van der Waals surface area contributed by atoms with E-state index in [0.29, 0.717) is 17.6 Å². The van der Waals surface area contributed by atoms with Gasteiger partial charge in [-0.3, -0.25) is 9.59 Å². The van der Waals surface area contributed by atoms with Gasteiger partial charge in [-0.25, -0.2) is 8.78 Å². The molecular weight excluding hydrogens is 418 g/mol. The standard InChI is InChI=1S/C20H18F2N2O5S/c1-3-28-18(26)10-24-19-15(22)8-12(21)9-16(19)30-20(24)23-17(25)11-29-14-6-4-13(27-2)5-7-14/h4-9H,3,10-11H2,1-2H3. The molecule has 1 aromatic heterocycles. The highest BCUT2D eigenvalue weighted by atomic mass is 32.1. The predicted molar refractivity (Wildman–Crippen MR) is 105 cm³/mol. The third kappa shape index (κ3) is 5.01. The molecule has 0 aliphatic rings. The SMILES string of the molecule is CCOC(=O)Cn1c(=NC(=O)COc2ccc(OC)cc2)sc2cc(F)cc(F)c21. The molecule has 0 bridgehead atoms. The summed E-state index contributed by atoms with van der Waals surface area (Å²) in [5, 5.41) is 0. The zero-order valence-electron chi connectivity index (χ0n) is 16.2. The third-order valence-electron chi connectivity index (χ3n) is 3.93. The maximum absolute atomic E-state index is 14.4. The molecule has 10 heteroatoms. The predicted octanol–water partition coefficient (Wildman–Crippen LogP) is 3.06. The van der Waals surface area contributed by atoms with E-state index in [2.05, 4.69) is 4.99 Å². The fourth-order valence-electron chi connectivity index (χ4n) is 2.65. The smallest absolute Gasteiger partial charge is 0.326 e. The zero-order valence-corrected chi connectivity index (χ0v) is 17.0. The van der Waals surface area contributed by atoms with Gasteiger partial charge in [0.05, 0.1) is 23.9 Å². The van der Waals surface area contributed by atoms with Crippen LogP contribution in [-0.2, 0) is 20.9 Å². The Kier molecular flexibility index (Phi) is 6.78. The summed E-state index contributed by atoms with van der Waals surface area (Å²) in [7, 11) is 1.53. The molecule has 0 unspecified atom stereocenters. The number of hydrogen-bond donors (Lipinski definition) is 0. The van der Waals surface area contributed by atoms with Crippen LogP contribution in [0.5, 0.6) is 11.5 Å². The molecule has 158 valence electrons. The summed E-state index contributed by atoms with van der Waals surface area (Å²) >= 11 is 0.883. The zero-order chi connectivity index (χ0) is 21.7. The summed E-state index contributed by atoms with van der Waals surface area (Å²) in [5.41, 5.74) is -0.0305. The van der Waals surface area contributed by atoms with Crippen molar-refractivity contribution in [2.75, 3.05) is 20.3 Å². The van der Waals surface area contributed by atoms with Crippen molar-refractivity contribution in [2.24, 2.45) is 4.99 Å². The molecule has 3 aromatic rings. The van der Waals surface area contributed by atoms with Crippen LogP contribution in [0.15, 0.2) is 41.4 Å². The number of esters is 1. The minimum Gasteiger partial charge on any atom is -0.497 e. The number of fused-ring (bicyclic) bond motifs is 1. The average molecular weight is 436 g/mol. The lowest BCUT2D eigenvalue weighted by Crippen LogP contribution is -2.24. The molecule has 30 heavy (non-hydrogen) atoms. The summed E-state index contributed by atoms with van der Waals surface area (Å²) in [6.07, 6.45) is 0. The van der Waals surface area contributed by atoms with Crippen molar-refractivity contribution in [3.63, 3.8) is 0 Å². The van der Waals surface area contributed by atoms with Crippen LogP contribution in [0.3, 0.4) is 0 Å². The van der Waals surface area contributed by atoms with Gasteiger partial charge in [0.2, 0.25) is 0 Å². The molecule has 2 aromatic carbocycles. The van der Waals surface area contributed by atoms with Crippen LogP contribution in [0.25, 0.3) is 10.2 Å². The number of hydrogen-bond acceptors (Lipinski definition) is 6. The Labute approximate surface area is 174 Å². The van der Waals surface area contributed by atoms with Crippen molar-refractivity contribution in [3.05, 3.63) is 52.8 Å². The molecule has 0 spiro atoms. The molecule has 1 heterocycles. The van der Waals surface area contributed by atoms with Gasteiger partial charge < -0.3 is 18.8 Å². The molecule has 0 saturated heterocycles. The van der Waals surface area contributed by atoms with Crippen molar-refractivity contribution < 1.29 is 32.6 Å². The molecule has 7 nitrogen and oxygen atoms in total. The average Bonchev–Trinajstić information content (AvgIpc) is 3.03. The summed E-state index contributed by atoms with van der Waals surface area (Å²) in [4.78, 5) is 28.2. The number of methoxy groups -OCH3 is 1. The highest BCUT2D eigenvalue weighted by Gasteiger charge is 2.17. The van der Waals surface area contributed by atoms with E-state index in [1.807, 2.05) is 0 Å². The Balaban J connectivity index is 1.90. The maximum atomic E-state index is 14.4. The van der Waals surface area contributed by atoms with Crippen LogP contribution in [0, 0.1) is 11.6 Å². The molecular formula is C20H18F2N2O5S. The second kappa shape index (κ2) is 9.49. The van der Waals surface area contributed by atoms with Crippen LogP contribution in [0.4, 0.5) is 8.78 Å². The van der Waals surface area contributed by atoms with Gasteiger partial charge in [0.15, 0.2) is 17.2 Å². The number of benzene rings is 2. The monoisotopic (exact) mass is 436 g/mol. The Hall–Kier alpha value is -3.27. The lowest BCUT2D eigenvalue weighted by molar-refractivity contribution is -0.143. The maximum Gasteiger partial charge on any atom is 0.326 e. The molecule has 1 amide bonds. The molecule has 0 fully saturated rings. The van der Waals surface area contributed by atoms with Gasteiger partial charge in [-0.05, 0) is 37.3 Å². The number of thiazole rings is 1. The topological polar surface area (TPSA) is 79.1 Å². The summed E-state index contributed by atoms with van der Waals surface area (Å²) < 4.78 is 44.7. The van der Waals surface area contributed by atoms with Crippen molar-refractivity contribution >= 4 is 33.4 Å². The molecule has 0 saturated carbocycles. The lowest BCUT2D eigenvalue weighted by Gasteiger charge is -2.06. The van der Waals surface area contributed by atoms with Gasteiger partial charge >= 0.3 is 5.97 Å². The Morgan fingerprint density at radius 3 is 2.50 bits per heavy atom. The number of aromatic nitrogens is 1. The van der Waals surface area contributed by atoms with Crippen LogP contribution in [0.2, 0.25) is 0 Å².